The van der Waals surface area contributed by atoms with Gasteiger partial charge in [-0.3, -0.25) is 4.79 Å². The van der Waals surface area contributed by atoms with Crippen molar-refractivity contribution in [2.24, 2.45) is 0 Å². The van der Waals surface area contributed by atoms with Gasteiger partial charge < -0.3 is 9.47 Å². The first-order valence-electron chi connectivity index (χ1n) is 5.82. The molecule has 0 bridgehead atoms. The Morgan fingerprint density at radius 1 is 1.41 bits per heavy atom. The lowest BCUT2D eigenvalue weighted by Gasteiger charge is -2.12. The molecule has 17 heavy (non-hydrogen) atoms. The van der Waals surface area contributed by atoms with Gasteiger partial charge in [0.05, 0.1) is 6.42 Å². The molecule has 0 heterocycles. The zero-order valence-electron chi connectivity index (χ0n) is 10.2. The van der Waals surface area contributed by atoms with Gasteiger partial charge in [-0.05, 0) is 32.3 Å². The second kappa shape index (κ2) is 6.89. The van der Waals surface area contributed by atoms with Crippen LogP contribution in [0.4, 0.5) is 0 Å². The fourth-order valence-corrected chi connectivity index (χ4v) is 1.45. The predicted octanol–water partition coefficient (Wildman–Crippen LogP) is 2.50. The first kappa shape index (κ1) is 13.5. The number of esters is 2. The van der Waals surface area contributed by atoms with Crippen molar-refractivity contribution < 1.29 is 19.1 Å². The lowest BCUT2D eigenvalue weighted by Crippen LogP contribution is -2.12. The monoisotopic (exact) mass is 238 g/mol. The van der Waals surface area contributed by atoms with Gasteiger partial charge >= 0.3 is 11.9 Å². The van der Waals surface area contributed by atoms with Crippen LogP contribution < -0.4 is 0 Å². The average molecular weight is 238 g/mol. The van der Waals surface area contributed by atoms with Crippen molar-refractivity contribution in [1.82, 2.24) is 0 Å². The number of carbonyl (C=O) groups is 2. The Hall–Kier alpha value is -1.58. The highest BCUT2D eigenvalue weighted by atomic mass is 16.6. The van der Waals surface area contributed by atoms with Crippen LogP contribution in [0.1, 0.15) is 39.0 Å². The molecule has 0 radical (unpaired) electrons. The third kappa shape index (κ3) is 5.33. The predicted molar refractivity (Wildman–Crippen MR) is 63.0 cm³/mol. The summed E-state index contributed by atoms with van der Waals surface area (Å²) in [7, 11) is 0. The molecule has 1 aliphatic carbocycles. The highest BCUT2D eigenvalue weighted by molar-refractivity contribution is 5.87. The molecule has 0 atom stereocenters. The summed E-state index contributed by atoms with van der Waals surface area (Å²) in [4.78, 5) is 22.4. The number of rotatable bonds is 5. The largest absolute Gasteiger partial charge is 0.462 e. The third-order valence-electron chi connectivity index (χ3n) is 2.38. The van der Waals surface area contributed by atoms with Gasteiger partial charge in [0, 0.05) is 12.0 Å². The van der Waals surface area contributed by atoms with E-state index in [0.29, 0.717) is 5.57 Å². The Bertz CT molecular complexity index is 341. The minimum absolute atomic E-state index is 0.0395. The van der Waals surface area contributed by atoms with E-state index in [1.807, 2.05) is 6.08 Å². The van der Waals surface area contributed by atoms with Crippen molar-refractivity contribution >= 4 is 11.9 Å². The normalized spacial score (nSPS) is 14.8. The van der Waals surface area contributed by atoms with Gasteiger partial charge in [-0.15, -0.1) is 0 Å². The van der Waals surface area contributed by atoms with E-state index in [4.69, 9.17) is 9.47 Å². The summed E-state index contributed by atoms with van der Waals surface area (Å²) in [6.45, 7) is 5.05. The van der Waals surface area contributed by atoms with E-state index in [-0.39, 0.29) is 19.0 Å². The molecular weight excluding hydrogens is 220 g/mol. The Balaban J connectivity index is 2.19. The van der Waals surface area contributed by atoms with Gasteiger partial charge in [0.25, 0.3) is 0 Å². The number of carbonyl (C=O) groups excluding carboxylic acids is 2. The van der Waals surface area contributed by atoms with Crippen molar-refractivity contribution in [1.29, 1.82) is 0 Å². The molecular formula is C13H18O4. The van der Waals surface area contributed by atoms with Crippen LogP contribution in [-0.4, -0.2) is 18.5 Å². The van der Waals surface area contributed by atoms with Crippen LogP contribution in [0.2, 0.25) is 0 Å². The van der Waals surface area contributed by atoms with Gasteiger partial charge in [-0.1, -0.05) is 6.58 Å². The molecule has 94 valence electrons. The number of hydrogen-bond donors (Lipinski definition) is 0. The maximum absolute atomic E-state index is 11.4. The van der Waals surface area contributed by atoms with E-state index in [9.17, 15) is 9.59 Å². The maximum atomic E-state index is 11.4. The Morgan fingerprint density at radius 3 is 2.76 bits per heavy atom. The van der Waals surface area contributed by atoms with Crippen LogP contribution in [0.15, 0.2) is 24.0 Å². The number of allylic oxidation sites excluding steroid dienone is 2. The SMILES string of the molecule is C=C(C)C(=O)OCCC(=O)OC1=CCCCC1. The summed E-state index contributed by atoms with van der Waals surface area (Å²) in [5, 5.41) is 0. The Labute approximate surface area is 101 Å². The zero-order chi connectivity index (χ0) is 12.7. The molecule has 1 rings (SSSR count). The minimum atomic E-state index is -0.477. The van der Waals surface area contributed by atoms with E-state index < -0.39 is 5.97 Å². The van der Waals surface area contributed by atoms with Crippen molar-refractivity contribution in [3.8, 4) is 0 Å². The van der Waals surface area contributed by atoms with Crippen LogP contribution in [0, 0.1) is 0 Å². The third-order valence-corrected chi connectivity index (χ3v) is 2.38. The second-order valence-corrected chi connectivity index (χ2v) is 4.06. The molecule has 0 fully saturated rings. The Kier molecular flexibility index (Phi) is 5.46. The van der Waals surface area contributed by atoms with Gasteiger partial charge in [-0.25, -0.2) is 4.79 Å². The van der Waals surface area contributed by atoms with E-state index in [0.717, 1.165) is 31.4 Å². The highest BCUT2D eigenvalue weighted by Crippen LogP contribution is 2.18. The van der Waals surface area contributed by atoms with Crippen LogP contribution in [0.3, 0.4) is 0 Å². The molecule has 0 spiro atoms. The quantitative estimate of drug-likeness (QED) is 0.545. The fraction of sp³-hybridized carbons (Fsp3) is 0.538. The summed E-state index contributed by atoms with van der Waals surface area (Å²) in [5.74, 6) is -0.0881. The molecule has 0 amide bonds. The van der Waals surface area contributed by atoms with Gasteiger partial charge in [0.15, 0.2) is 0 Å². The molecule has 1 aliphatic rings. The second-order valence-electron chi connectivity index (χ2n) is 4.06. The van der Waals surface area contributed by atoms with Crippen molar-refractivity contribution in [2.75, 3.05) is 6.61 Å². The number of ether oxygens (including phenoxy) is 2. The van der Waals surface area contributed by atoms with Gasteiger partial charge in [0.2, 0.25) is 0 Å². The minimum Gasteiger partial charge on any atom is -0.462 e. The van der Waals surface area contributed by atoms with Gasteiger partial charge in [0.1, 0.15) is 12.4 Å². The zero-order valence-corrected chi connectivity index (χ0v) is 10.2. The standard InChI is InChI=1S/C13H18O4/c1-10(2)13(15)16-9-8-12(14)17-11-6-4-3-5-7-11/h6H,1,3-5,7-9H2,2H3. The summed E-state index contributed by atoms with van der Waals surface area (Å²) < 4.78 is 9.95. The first-order valence-corrected chi connectivity index (χ1v) is 5.82. The molecule has 0 aromatic rings. The Morgan fingerprint density at radius 2 is 2.18 bits per heavy atom. The smallest absolute Gasteiger partial charge is 0.333 e. The molecule has 0 N–H and O–H groups in total. The van der Waals surface area contributed by atoms with E-state index in [2.05, 4.69) is 6.58 Å². The van der Waals surface area contributed by atoms with E-state index >= 15 is 0 Å². The average Bonchev–Trinajstić information content (AvgIpc) is 2.30. The van der Waals surface area contributed by atoms with E-state index in [1.54, 1.807) is 6.92 Å². The molecule has 0 unspecified atom stereocenters. The fourth-order valence-electron chi connectivity index (χ4n) is 1.45. The van der Waals surface area contributed by atoms with Gasteiger partial charge in [-0.2, -0.15) is 0 Å². The van der Waals surface area contributed by atoms with Crippen molar-refractivity contribution in [3.05, 3.63) is 24.0 Å². The summed E-state index contributed by atoms with van der Waals surface area (Å²) in [6, 6.07) is 0. The topological polar surface area (TPSA) is 52.6 Å². The highest BCUT2D eigenvalue weighted by Gasteiger charge is 2.11. The molecule has 0 aromatic carbocycles. The van der Waals surface area contributed by atoms with E-state index in [1.165, 1.54) is 0 Å². The van der Waals surface area contributed by atoms with Crippen LogP contribution in [0.5, 0.6) is 0 Å². The first-order chi connectivity index (χ1) is 8.09. The van der Waals surface area contributed by atoms with Crippen LogP contribution in [-0.2, 0) is 19.1 Å². The number of hydrogen-bond acceptors (Lipinski definition) is 4. The van der Waals surface area contributed by atoms with Crippen molar-refractivity contribution in [3.63, 3.8) is 0 Å². The van der Waals surface area contributed by atoms with Crippen LogP contribution >= 0.6 is 0 Å². The molecule has 4 heteroatoms. The maximum Gasteiger partial charge on any atom is 0.333 e. The van der Waals surface area contributed by atoms with Crippen molar-refractivity contribution in [2.45, 2.75) is 39.0 Å². The molecule has 4 nitrogen and oxygen atoms in total. The lowest BCUT2D eigenvalue weighted by atomic mass is 10.1. The summed E-state index contributed by atoms with van der Waals surface area (Å²) in [5.41, 5.74) is 0.327. The molecule has 0 aliphatic heterocycles. The molecule has 0 aromatic heterocycles. The van der Waals surface area contributed by atoms with Crippen LogP contribution in [0.25, 0.3) is 0 Å². The summed E-state index contributed by atoms with van der Waals surface area (Å²) in [6.07, 6.45) is 6.02. The molecule has 0 saturated carbocycles. The molecule has 0 saturated heterocycles. The lowest BCUT2D eigenvalue weighted by molar-refractivity contribution is -0.144. The summed E-state index contributed by atoms with van der Waals surface area (Å²) >= 11 is 0.